The molecule has 1 saturated heterocycles. The Bertz CT molecular complexity index is 519. The molecule has 0 aromatic heterocycles. The van der Waals surface area contributed by atoms with E-state index in [1.165, 1.54) is 0 Å². The van der Waals surface area contributed by atoms with Crippen molar-refractivity contribution in [2.45, 2.75) is 19.4 Å². The average molecular weight is 291 g/mol. The van der Waals surface area contributed by atoms with Gasteiger partial charge in [0.2, 0.25) is 5.91 Å². The molecule has 1 aromatic rings. The Morgan fingerprint density at radius 3 is 2.90 bits per heavy atom. The second-order valence-electron chi connectivity index (χ2n) is 4.97. The van der Waals surface area contributed by atoms with E-state index in [-0.39, 0.29) is 18.4 Å². The molecule has 1 heterocycles. The molecule has 0 aliphatic carbocycles. The van der Waals surface area contributed by atoms with E-state index in [1.54, 1.807) is 29.2 Å². The summed E-state index contributed by atoms with van der Waals surface area (Å²) in [5.41, 5.74) is 6.69. The maximum atomic E-state index is 12.6. The summed E-state index contributed by atoms with van der Waals surface area (Å²) in [6.45, 7) is 3.59. The molecule has 1 atom stereocenters. The molecule has 0 bridgehead atoms. The minimum Gasteiger partial charge on any atom is -0.398 e. The Hall–Kier alpha value is -2.08. The van der Waals surface area contributed by atoms with Crippen LogP contribution in [0.4, 0.5) is 5.69 Å². The van der Waals surface area contributed by atoms with Crippen molar-refractivity contribution in [2.75, 3.05) is 32.0 Å². The number of para-hydroxylation sites is 1. The maximum Gasteiger partial charge on any atom is 0.256 e. The van der Waals surface area contributed by atoms with Crippen molar-refractivity contribution in [3.63, 3.8) is 0 Å². The van der Waals surface area contributed by atoms with Gasteiger partial charge in [-0.2, -0.15) is 0 Å². The molecule has 3 N–H and O–H groups in total. The lowest BCUT2D eigenvalue weighted by Gasteiger charge is -2.34. The first-order chi connectivity index (χ1) is 10.1. The zero-order chi connectivity index (χ0) is 15.2. The van der Waals surface area contributed by atoms with Gasteiger partial charge in [0.1, 0.15) is 6.04 Å². The molecule has 1 fully saturated rings. The second-order valence-corrected chi connectivity index (χ2v) is 4.97. The minimum atomic E-state index is -0.600. The van der Waals surface area contributed by atoms with E-state index < -0.39 is 6.04 Å². The van der Waals surface area contributed by atoms with Crippen LogP contribution in [-0.4, -0.2) is 49.1 Å². The van der Waals surface area contributed by atoms with Gasteiger partial charge in [-0.3, -0.25) is 9.59 Å². The van der Waals surface area contributed by atoms with E-state index in [0.717, 1.165) is 6.42 Å². The Kier molecular flexibility index (Phi) is 5.16. The molecular weight excluding hydrogens is 270 g/mol. The van der Waals surface area contributed by atoms with Crippen LogP contribution in [0.25, 0.3) is 0 Å². The third-order valence-corrected chi connectivity index (χ3v) is 3.43. The summed E-state index contributed by atoms with van der Waals surface area (Å²) in [7, 11) is 0. The molecule has 114 valence electrons. The molecule has 2 amide bonds. The number of nitrogens with two attached hydrogens (primary N) is 1. The number of benzene rings is 1. The summed E-state index contributed by atoms with van der Waals surface area (Å²) in [5.74, 6) is -0.410. The molecule has 0 spiro atoms. The van der Waals surface area contributed by atoms with Crippen molar-refractivity contribution in [1.82, 2.24) is 10.2 Å². The fourth-order valence-electron chi connectivity index (χ4n) is 2.28. The minimum absolute atomic E-state index is 0.181. The molecule has 1 aromatic carbocycles. The summed E-state index contributed by atoms with van der Waals surface area (Å²) in [4.78, 5) is 26.3. The normalized spacial score (nSPS) is 18.3. The molecule has 6 heteroatoms. The fraction of sp³-hybridized carbons (Fsp3) is 0.467. The highest BCUT2D eigenvalue weighted by atomic mass is 16.5. The number of nitrogens with zero attached hydrogens (tertiary/aromatic N) is 1. The smallest absolute Gasteiger partial charge is 0.256 e. The van der Waals surface area contributed by atoms with Crippen LogP contribution in [0.2, 0.25) is 0 Å². The average Bonchev–Trinajstić information content (AvgIpc) is 2.52. The zero-order valence-corrected chi connectivity index (χ0v) is 12.2. The van der Waals surface area contributed by atoms with Crippen molar-refractivity contribution in [2.24, 2.45) is 0 Å². The van der Waals surface area contributed by atoms with Gasteiger partial charge in [-0.25, -0.2) is 0 Å². The molecule has 21 heavy (non-hydrogen) atoms. The van der Waals surface area contributed by atoms with E-state index in [2.05, 4.69) is 5.32 Å². The number of hydrogen-bond donors (Lipinski definition) is 2. The third-order valence-electron chi connectivity index (χ3n) is 3.43. The predicted octanol–water partition coefficient (Wildman–Crippen LogP) is 0.636. The number of hydrogen-bond acceptors (Lipinski definition) is 4. The van der Waals surface area contributed by atoms with Gasteiger partial charge < -0.3 is 20.7 Å². The van der Waals surface area contributed by atoms with Gasteiger partial charge in [-0.15, -0.1) is 0 Å². The number of morpholine rings is 1. The number of anilines is 1. The quantitative estimate of drug-likeness (QED) is 0.797. The first-order valence-corrected chi connectivity index (χ1v) is 7.16. The molecule has 1 unspecified atom stereocenters. The highest BCUT2D eigenvalue weighted by Crippen LogP contribution is 2.17. The Balaban J connectivity index is 2.16. The molecule has 1 aliphatic heterocycles. The van der Waals surface area contributed by atoms with Crippen molar-refractivity contribution in [3.8, 4) is 0 Å². The van der Waals surface area contributed by atoms with Gasteiger partial charge in [0.25, 0.3) is 5.91 Å². The predicted molar refractivity (Wildman–Crippen MR) is 79.8 cm³/mol. The van der Waals surface area contributed by atoms with E-state index in [1.807, 2.05) is 6.92 Å². The van der Waals surface area contributed by atoms with Crippen molar-refractivity contribution < 1.29 is 14.3 Å². The summed E-state index contributed by atoms with van der Waals surface area (Å²) in [5, 5.41) is 2.81. The lowest BCUT2D eigenvalue weighted by molar-refractivity contribution is -0.130. The Morgan fingerprint density at radius 2 is 2.19 bits per heavy atom. The van der Waals surface area contributed by atoms with Crippen LogP contribution in [0.3, 0.4) is 0 Å². The van der Waals surface area contributed by atoms with Crippen LogP contribution in [-0.2, 0) is 9.53 Å². The highest BCUT2D eigenvalue weighted by molar-refractivity contribution is 6.01. The lowest BCUT2D eigenvalue weighted by Crippen LogP contribution is -2.56. The van der Waals surface area contributed by atoms with Gasteiger partial charge >= 0.3 is 0 Å². The van der Waals surface area contributed by atoms with Gasteiger partial charge in [0.05, 0.1) is 18.8 Å². The van der Waals surface area contributed by atoms with Crippen LogP contribution in [0, 0.1) is 0 Å². The summed E-state index contributed by atoms with van der Waals surface area (Å²) in [6, 6.07) is 6.29. The van der Waals surface area contributed by atoms with Crippen LogP contribution in [0.5, 0.6) is 0 Å². The SMILES string of the molecule is CCCNC(=O)C1COCCN1C(=O)c1ccccc1N. The third kappa shape index (κ3) is 3.52. The van der Waals surface area contributed by atoms with Crippen LogP contribution in [0.1, 0.15) is 23.7 Å². The summed E-state index contributed by atoms with van der Waals surface area (Å²) in [6.07, 6.45) is 0.846. The van der Waals surface area contributed by atoms with E-state index >= 15 is 0 Å². The second kappa shape index (κ2) is 7.08. The number of carbonyl (C=O) groups is 2. The molecule has 0 radical (unpaired) electrons. The van der Waals surface area contributed by atoms with Gasteiger partial charge in [-0.05, 0) is 18.6 Å². The molecular formula is C15H21N3O3. The summed E-state index contributed by atoms with van der Waals surface area (Å²) >= 11 is 0. The van der Waals surface area contributed by atoms with Crippen molar-refractivity contribution in [3.05, 3.63) is 29.8 Å². The standard InChI is InChI=1S/C15H21N3O3/c1-2-7-17-14(19)13-10-21-9-8-18(13)15(20)11-5-3-4-6-12(11)16/h3-6,13H,2,7-10,16H2,1H3,(H,17,19). The zero-order valence-electron chi connectivity index (χ0n) is 12.2. The maximum absolute atomic E-state index is 12.6. The molecule has 6 nitrogen and oxygen atoms in total. The van der Waals surface area contributed by atoms with Gasteiger partial charge in [0, 0.05) is 18.8 Å². The van der Waals surface area contributed by atoms with Crippen molar-refractivity contribution >= 4 is 17.5 Å². The monoisotopic (exact) mass is 291 g/mol. The lowest BCUT2D eigenvalue weighted by atomic mass is 10.1. The van der Waals surface area contributed by atoms with Gasteiger partial charge in [-0.1, -0.05) is 19.1 Å². The van der Waals surface area contributed by atoms with E-state index in [0.29, 0.717) is 30.9 Å². The topological polar surface area (TPSA) is 84.7 Å². The van der Waals surface area contributed by atoms with Crippen LogP contribution < -0.4 is 11.1 Å². The van der Waals surface area contributed by atoms with E-state index in [4.69, 9.17) is 10.5 Å². The van der Waals surface area contributed by atoms with Crippen molar-refractivity contribution in [1.29, 1.82) is 0 Å². The highest BCUT2D eigenvalue weighted by Gasteiger charge is 2.33. The van der Waals surface area contributed by atoms with Gasteiger partial charge in [0.15, 0.2) is 0 Å². The fourth-order valence-corrected chi connectivity index (χ4v) is 2.28. The largest absolute Gasteiger partial charge is 0.398 e. The molecule has 2 rings (SSSR count). The molecule has 0 saturated carbocycles. The number of carbonyl (C=O) groups excluding carboxylic acids is 2. The number of ether oxygens (including phenoxy) is 1. The number of amides is 2. The summed E-state index contributed by atoms with van der Waals surface area (Å²) < 4.78 is 5.34. The van der Waals surface area contributed by atoms with Crippen LogP contribution >= 0.6 is 0 Å². The number of nitrogen functional groups attached to an aromatic ring is 1. The van der Waals surface area contributed by atoms with Crippen LogP contribution in [0.15, 0.2) is 24.3 Å². The first kappa shape index (κ1) is 15.3. The molecule has 1 aliphatic rings. The Morgan fingerprint density at radius 1 is 1.43 bits per heavy atom. The Labute approximate surface area is 124 Å². The number of rotatable bonds is 4. The first-order valence-electron chi connectivity index (χ1n) is 7.16. The van der Waals surface area contributed by atoms with E-state index in [9.17, 15) is 9.59 Å². The number of nitrogens with one attached hydrogen (secondary N) is 1.